The molecule has 6 aromatic heterocycles. The van der Waals surface area contributed by atoms with E-state index in [1.807, 2.05) is 36.7 Å². The molecule has 0 amide bonds. The predicted octanol–water partition coefficient (Wildman–Crippen LogP) is 13.2. The number of nitrogens with zero attached hydrogens (tertiary/aromatic N) is 6. The molecular weight excluding hydrogens is 1160 g/mol. The number of hydrogen-bond acceptors (Lipinski definition) is 16. The van der Waals surface area contributed by atoms with Gasteiger partial charge in [0.05, 0.1) is 68.8 Å². The highest BCUT2D eigenvalue weighted by molar-refractivity contribution is 9.10. The number of aryl methyl sites for hydroxylation is 2. The molecule has 22 heteroatoms. The third-order valence-electron chi connectivity index (χ3n) is 15.0. The van der Waals surface area contributed by atoms with E-state index in [4.69, 9.17) is 28.3 Å². The Morgan fingerprint density at radius 2 is 1.06 bits per heavy atom. The normalized spacial score (nSPS) is 18.9. The summed E-state index contributed by atoms with van der Waals surface area (Å²) >= 11 is 6.47. The number of fused-ring (bicyclic) bond motifs is 2. The van der Waals surface area contributed by atoms with Gasteiger partial charge in [-0.25, -0.2) is 44.7 Å². The van der Waals surface area contributed by atoms with E-state index < -0.39 is 25.8 Å². The van der Waals surface area contributed by atoms with Crippen molar-refractivity contribution in [2.24, 2.45) is 0 Å². The zero-order valence-corrected chi connectivity index (χ0v) is 48.8. The summed E-state index contributed by atoms with van der Waals surface area (Å²) in [4.78, 5) is 18.5. The van der Waals surface area contributed by atoms with Crippen LogP contribution in [0, 0.1) is 13.8 Å². The first-order valence-corrected chi connectivity index (χ1v) is 31.1. The van der Waals surface area contributed by atoms with Crippen LogP contribution < -0.4 is 0 Å². The SMILES string of the molecule is C.C.CC1(C)OB(C2=CCC3(CC2)OCCO3)OC1(C)C.Cc1nc(-c2cn(S(=O)(=O)c3ccccc3)c3ncc(Br)cc23)cs1.Cc1nc(-c2cn(S(=O)(=O)c3ccccc3)c3ncc(C4=CCC5(CC4)OCCO5)cc23)cs1. The van der Waals surface area contributed by atoms with Crippen LogP contribution in [-0.4, -0.2) is 101 Å². The molecule has 3 fully saturated rings. The van der Waals surface area contributed by atoms with E-state index in [1.165, 1.54) is 36.1 Å². The molecule has 0 bridgehead atoms. The lowest BCUT2D eigenvalue weighted by Gasteiger charge is -2.32. The Morgan fingerprint density at radius 1 is 0.613 bits per heavy atom. The summed E-state index contributed by atoms with van der Waals surface area (Å²) in [7, 11) is -7.78. The zero-order valence-electron chi connectivity index (χ0n) is 44.0. The van der Waals surface area contributed by atoms with E-state index in [0.717, 1.165) is 91.0 Å². The molecular formula is C58H66BBrN6O10S4. The first kappa shape index (κ1) is 59.4. The largest absolute Gasteiger partial charge is 0.490 e. The van der Waals surface area contributed by atoms with Gasteiger partial charge in [0.25, 0.3) is 20.0 Å². The van der Waals surface area contributed by atoms with Gasteiger partial charge in [-0.3, -0.25) is 0 Å². The van der Waals surface area contributed by atoms with Crippen LogP contribution in [0.5, 0.6) is 0 Å². The topological polar surface area (TPSA) is 185 Å². The van der Waals surface area contributed by atoms with Gasteiger partial charge in [0, 0.05) is 87.6 Å². The van der Waals surface area contributed by atoms with E-state index in [0.29, 0.717) is 44.1 Å². The fourth-order valence-corrected chi connectivity index (χ4v) is 14.3. The summed E-state index contributed by atoms with van der Waals surface area (Å²) in [5, 5.41) is 7.21. The van der Waals surface area contributed by atoms with Gasteiger partial charge in [-0.15, -0.1) is 22.7 Å². The molecule has 3 saturated heterocycles. The number of thiazole rings is 2. The summed E-state index contributed by atoms with van der Waals surface area (Å²) < 4.78 is 91.7. The summed E-state index contributed by atoms with van der Waals surface area (Å²) in [6.07, 6.45) is 15.8. The summed E-state index contributed by atoms with van der Waals surface area (Å²) in [6.45, 7) is 14.9. The van der Waals surface area contributed by atoms with Crippen molar-refractivity contribution in [2.45, 2.75) is 127 Å². The fraction of sp³-hybridized carbons (Fsp3) is 0.379. The van der Waals surface area contributed by atoms with Crippen molar-refractivity contribution in [3.63, 3.8) is 0 Å². The molecule has 0 atom stereocenters. The van der Waals surface area contributed by atoms with Crippen LogP contribution in [-0.2, 0) is 48.3 Å². The lowest BCUT2D eigenvalue weighted by molar-refractivity contribution is -0.161. The molecule has 13 rings (SSSR count). The minimum Gasteiger partial charge on any atom is -0.400 e. The van der Waals surface area contributed by atoms with Gasteiger partial charge < -0.3 is 28.3 Å². The monoisotopic (exact) mass is 1220 g/mol. The number of hydrogen-bond donors (Lipinski definition) is 0. The quantitative estimate of drug-likeness (QED) is 0.131. The van der Waals surface area contributed by atoms with Gasteiger partial charge in [0.2, 0.25) is 0 Å². The van der Waals surface area contributed by atoms with Crippen molar-refractivity contribution >= 4 is 93.4 Å². The second-order valence-electron chi connectivity index (χ2n) is 20.7. The highest BCUT2D eigenvalue weighted by atomic mass is 79.9. The first-order valence-electron chi connectivity index (χ1n) is 25.7. The third kappa shape index (κ3) is 11.6. The van der Waals surface area contributed by atoms with Crippen molar-refractivity contribution in [1.29, 1.82) is 0 Å². The maximum Gasteiger partial charge on any atom is 0.490 e. The summed E-state index contributed by atoms with van der Waals surface area (Å²) in [5.41, 5.74) is 6.59. The minimum atomic E-state index is -3.82. The first-order chi connectivity index (χ1) is 37.3. The van der Waals surface area contributed by atoms with E-state index in [2.05, 4.69) is 75.7 Å². The van der Waals surface area contributed by atoms with Crippen LogP contribution >= 0.6 is 38.6 Å². The van der Waals surface area contributed by atoms with Gasteiger partial charge >= 0.3 is 7.12 Å². The van der Waals surface area contributed by atoms with Crippen molar-refractivity contribution < 1.29 is 45.1 Å². The average molecular weight is 1230 g/mol. The molecule has 2 aromatic carbocycles. The van der Waals surface area contributed by atoms with Gasteiger partial charge in [-0.1, -0.05) is 63.4 Å². The molecule has 16 nitrogen and oxygen atoms in total. The molecule has 5 aliphatic rings. The molecule has 8 aromatic rings. The van der Waals surface area contributed by atoms with Crippen LogP contribution in [0.1, 0.15) is 96.7 Å². The number of benzene rings is 2. The molecule has 0 unspecified atom stereocenters. The van der Waals surface area contributed by atoms with Crippen molar-refractivity contribution in [3.8, 4) is 22.5 Å². The second kappa shape index (κ2) is 23.2. The Hall–Kier alpha value is -5.24. The van der Waals surface area contributed by atoms with Crippen molar-refractivity contribution in [1.82, 2.24) is 27.9 Å². The molecule has 2 aliphatic carbocycles. The number of halogens is 1. The summed E-state index contributed by atoms with van der Waals surface area (Å²) in [5.74, 6) is -0.857. The Kier molecular flexibility index (Phi) is 17.2. The number of rotatable bonds is 8. The van der Waals surface area contributed by atoms with Crippen LogP contribution in [0.15, 0.2) is 140 Å². The molecule has 2 spiro atoms. The van der Waals surface area contributed by atoms with Crippen LogP contribution in [0.25, 0.3) is 50.2 Å². The standard InChI is InChI=1S/C25H23N3O4S2.C17H12BrN3O2S2.C14H23BO4.2CH4/c1-17-27-23(16-33-17)22-15-28(34(29,30)20-5-3-2-4-6-20)24-21(22)13-19(14-26-24)18-7-9-25(10-8-18)31-11-12-32-25;1-11-20-16(10-24-11)15-9-21(17-14(15)7-12(18)8-19-17)25(22,23)13-5-3-2-4-6-13;1-12(2)13(3,4)19-15(18-12)11-5-7-14(8-6-11)16-9-10-17-14;;/h2-7,13-16H,8-12H2,1H3;2-10H,1H3;5H,6-10H2,1-4H3;2*1H4. The maximum absolute atomic E-state index is 13.5. The third-order valence-corrected chi connectivity index (χ3v) is 20.3. The van der Waals surface area contributed by atoms with Crippen LogP contribution in [0.3, 0.4) is 0 Å². The lowest BCUT2D eigenvalue weighted by Crippen LogP contribution is -2.41. The summed E-state index contributed by atoms with van der Waals surface area (Å²) in [6, 6.07) is 20.7. The smallest absolute Gasteiger partial charge is 0.400 e. The molecule has 0 radical (unpaired) electrons. The van der Waals surface area contributed by atoms with Crippen molar-refractivity contribution in [2.75, 3.05) is 26.4 Å². The Balaban J connectivity index is 0.000000150. The average Bonchev–Trinajstić information content (AvgIpc) is 4.33. The maximum atomic E-state index is 13.5. The molecule has 3 aliphatic heterocycles. The predicted molar refractivity (Wildman–Crippen MR) is 319 cm³/mol. The molecule has 80 heavy (non-hydrogen) atoms. The number of aromatic nitrogens is 6. The van der Waals surface area contributed by atoms with E-state index in [-0.39, 0.29) is 48.8 Å². The van der Waals surface area contributed by atoms with Crippen molar-refractivity contribution in [3.05, 3.63) is 146 Å². The van der Waals surface area contributed by atoms with Gasteiger partial charge in [-0.05, 0) is 123 Å². The van der Waals surface area contributed by atoms with Gasteiger partial charge in [-0.2, -0.15) is 0 Å². The van der Waals surface area contributed by atoms with Crippen LogP contribution in [0.2, 0.25) is 0 Å². The van der Waals surface area contributed by atoms with Gasteiger partial charge in [0.15, 0.2) is 22.9 Å². The highest BCUT2D eigenvalue weighted by Crippen LogP contribution is 2.44. The number of pyridine rings is 2. The van der Waals surface area contributed by atoms with E-state index >= 15 is 0 Å². The molecule has 0 saturated carbocycles. The Labute approximate surface area is 485 Å². The number of ether oxygens (including phenoxy) is 4. The minimum absolute atomic E-state index is 0. The Bertz CT molecular complexity index is 3810. The second-order valence-corrected chi connectivity index (χ2v) is 27.3. The van der Waals surface area contributed by atoms with Crippen LogP contribution in [0.4, 0.5) is 0 Å². The highest BCUT2D eigenvalue weighted by Gasteiger charge is 2.53. The van der Waals surface area contributed by atoms with Gasteiger partial charge in [0.1, 0.15) is 0 Å². The molecule has 9 heterocycles. The fourth-order valence-electron chi connectivity index (χ4n) is 10.1. The van der Waals surface area contributed by atoms with E-state index in [1.54, 1.807) is 85.5 Å². The zero-order chi connectivity index (χ0) is 54.7. The molecule has 0 N–H and O–H groups in total. The lowest BCUT2D eigenvalue weighted by atomic mass is 9.71. The Morgan fingerprint density at radius 3 is 1.49 bits per heavy atom. The van der Waals surface area contributed by atoms with E-state index in [9.17, 15) is 16.8 Å². The number of allylic oxidation sites excluding steroid dienone is 2. The molecule has 422 valence electrons.